The molecule has 145 heavy (non-hydrogen) atoms. The van der Waals surface area contributed by atoms with Gasteiger partial charge in [-0.3, -0.25) is 57.5 Å². The third-order valence-electron chi connectivity index (χ3n) is 24.7. The van der Waals surface area contributed by atoms with E-state index in [-0.39, 0.29) is 215 Å². The van der Waals surface area contributed by atoms with E-state index in [2.05, 4.69) is 51.3 Å². The molecule has 34 heteroatoms. The molecule has 6 unspecified atom stereocenters. The zero-order valence-corrected chi connectivity index (χ0v) is 97.7. The summed E-state index contributed by atoms with van der Waals surface area (Å²) in [7, 11) is 0. The summed E-state index contributed by atoms with van der Waals surface area (Å²) in [6.45, 7) is 27.2. The van der Waals surface area contributed by atoms with Crippen molar-refractivity contribution in [1.82, 2.24) is 19.6 Å². The van der Waals surface area contributed by atoms with Gasteiger partial charge in [-0.2, -0.15) is 58.8 Å². The molecule has 0 spiro atoms. The highest BCUT2D eigenvalue weighted by molar-refractivity contribution is 8.00. The van der Waals surface area contributed by atoms with Gasteiger partial charge in [-0.15, -0.1) is 11.8 Å². The molecule has 848 valence electrons. The van der Waals surface area contributed by atoms with Crippen molar-refractivity contribution in [3.8, 4) is 0 Å². The van der Waals surface area contributed by atoms with Gasteiger partial charge in [0, 0.05) is 68.0 Å². The van der Waals surface area contributed by atoms with Gasteiger partial charge in [0.2, 0.25) is 0 Å². The lowest BCUT2D eigenvalue weighted by Gasteiger charge is -2.27. The predicted octanol–water partition coefficient (Wildman–Crippen LogP) is 22.7. The summed E-state index contributed by atoms with van der Waals surface area (Å²) in [5, 5.41) is -0.365. The fraction of sp³-hybridized carbons (Fsp3) is 0.892. The van der Waals surface area contributed by atoms with Gasteiger partial charge in [-0.05, 0) is 145 Å². The molecule has 0 aromatic heterocycles. The Labute approximate surface area is 904 Å². The molecule has 0 aliphatic carbocycles. The van der Waals surface area contributed by atoms with Crippen molar-refractivity contribution in [2.75, 3.05) is 221 Å². The fourth-order valence-corrected chi connectivity index (χ4v) is 21.6. The van der Waals surface area contributed by atoms with Gasteiger partial charge in [-0.25, -0.2) is 0 Å². The molecule has 0 N–H and O–H groups in total. The Morgan fingerprint density at radius 2 is 0.338 bits per heavy atom. The SMILES string of the molecule is CCCCCCCCSCC(C)C(=O)OCCOC(=O)CCN(CCCCN(CCCN(CCC(=O)OCCOC(=O)C(C)CSCCCCCCCC)CCC(=O)OCCOC(=O)C(C)SCCCCCCCC)CCC(=O)OCCOC(=O)C(C)CSCCCCCCCC)CCCN(CCC(=O)OCCOC(=O)C(C)CSCCCCCCCC)CCC(=O)OCCOC(=O)C(C)CSCCCCCCCC. The monoisotopic (exact) mass is 2170 g/mol. The largest absolute Gasteiger partial charge is 0.462 e. The van der Waals surface area contributed by atoms with E-state index in [4.69, 9.17) is 56.8 Å². The summed E-state index contributed by atoms with van der Waals surface area (Å²) in [6, 6.07) is 0. The molecule has 0 radical (unpaired) electrons. The molecule has 0 saturated carbocycles. The fourth-order valence-electron chi connectivity index (χ4n) is 15.4. The van der Waals surface area contributed by atoms with Gasteiger partial charge in [0.25, 0.3) is 0 Å². The lowest BCUT2D eigenvalue weighted by Crippen LogP contribution is -2.36. The number of hydrogen-bond donors (Lipinski definition) is 0. The number of hydrogen-bond acceptors (Lipinski definition) is 34. The molecule has 0 bridgehead atoms. The molecular weight excluding hydrogens is 1970 g/mol. The second kappa shape index (κ2) is 104. The molecule has 0 saturated heterocycles. The minimum atomic E-state index is -0.513. The maximum Gasteiger partial charge on any atom is 0.318 e. The van der Waals surface area contributed by atoms with Crippen molar-refractivity contribution in [2.24, 2.45) is 29.6 Å². The summed E-state index contributed by atoms with van der Waals surface area (Å²) in [6.07, 6.45) is 45.0. The maximum atomic E-state index is 13.7. The summed E-state index contributed by atoms with van der Waals surface area (Å²) in [5.41, 5.74) is 0. The van der Waals surface area contributed by atoms with E-state index < -0.39 is 35.8 Å². The number of nitrogens with zero attached hydrogens (tertiary/aromatic N) is 4. The van der Waals surface area contributed by atoms with Crippen molar-refractivity contribution in [1.29, 1.82) is 0 Å². The van der Waals surface area contributed by atoms with E-state index >= 15 is 0 Å². The van der Waals surface area contributed by atoms with Crippen LogP contribution in [0.25, 0.3) is 0 Å². The van der Waals surface area contributed by atoms with Gasteiger partial charge in [0.1, 0.15) is 79.3 Å². The first kappa shape index (κ1) is 141. The van der Waals surface area contributed by atoms with Crippen LogP contribution < -0.4 is 0 Å². The van der Waals surface area contributed by atoms with Crippen molar-refractivity contribution >= 4 is 142 Å². The molecule has 0 aromatic carbocycles. The average Bonchev–Trinajstić information content (AvgIpc) is 0.948. The highest BCUT2D eigenvalue weighted by Gasteiger charge is 2.25. The topological polar surface area (TPSA) is 329 Å². The van der Waals surface area contributed by atoms with E-state index in [1.807, 2.05) is 51.3 Å². The molecule has 6 atom stereocenters. The predicted molar refractivity (Wildman–Crippen MR) is 598 cm³/mol. The normalized spacial score (nSPS) is 12.7. The Balaban J connectivity index is 7.13. The third-order valence-corrected chi connectivity index (χ3v) is 32.5. The van der Waals surface area contributed by atoms with Crippen molar-refractivity contribution < 1.29 is 114 Å². The smallest absolute Gasteiger partial charge is 0.318 e. The summed E-state index contributed by atoms with van der Waals surface area (Å²) >= 11 is 10.3. The number of carbonyl (C=O) groups excluding carboxylic acids is 12. The first-order valence-corrected chi connectivity index (χ1v) is 63.5. The Kier molecular flexibility index (Phi) is 101. The lowest BCUT2D eigenvalue weighted by molar-refractivity contribution is -0.154. The Bertz CT molecular complexity index is 2960. The highest BCUT2D eigenvalue weighted by atomic mass is 32.2. The second-order valence-corrected chi connectivity index (χ2v) is 45.8. The van der Waals surface area contributed by atoms with Gasteiger partial charge >= 0.3 is 71.6 Å². The van der Waals surface area contributed by atoms with Crippen LogP contribution in [0.15, 0.2) is 0 Å². The zero-order chi connectivity index (χ0) is 107. The molecule has 0 aliphatic rings. The van der Waals surface area contributed by atoms with Crippen molar-refractivity contribution in [3.63, 3.8) is 0 Å². The van der Waals surface area contributed by atoms with Gasteiger partial charge in [-0.1, -0.05) is 269 Å². The van der Waals surface area contributed by atoms with E-state index in [1.54, 1.807) is 70.6 Å². The van der Waals surface area contributed by atoms with Crippen LogP contribution in [0.5, 0.6) is 0 Å². The molecular formula is C111H204N4O24S6. The summed E-state index contributed by atoms with van der Waals surface area (Å²) in [4.78, 5) is 167. The van der Waals surface area contributed by atoms with Crippen molar-refractivity contribution in [3.05, 3.63) is 0 Å². The molecule has 0 aromatic rings. The first-order valence-electron chi connectivity index (χ1n) is 56.7. The van der Waals surface area contributed by atoms with E-state index in [0.717, 1.165) is 79.5 Å². The molecule has 28 nitrogen and oxygen atoms in total. The molecule has 0 aliphatic heterocycles. The number of ether oxygens (including phenoxy) is 12. The quantitative estimate of drug-likeness (QED) is 0.0310. The Morgan fingerprint density at radius 1 is 0.179 bits per heavy atom. The first-order chi connectivity index (χ1) is 70.3. The maximum absolute atomic E-state index is 13.7. The van der Waals surface area contributed by atoms with Crippen LogP contribution in [0.2, 0.25) is 0 Å². The highest BCUT2D eigenvalue weighted by Crippen LogP contribution is 2.23. The van der Waals surface area contributed by atoms with Crippen LogP contribution in [0.4, 0.5) is 0 Å². The van der Waals surface area contributed by atoms with Gasteiger partial charge < -0.3 is 76.4 Å². The van der Waals surface area contributed by atoms with Crippen LogP contribution in [-0.2, 0) is 114 Å². The number of esters is 12. The summed E-state index contributed by atoms with van der Waals surface area (Å²) < 4.78 is 66.9. The number of unbranched alkanes of at least 4 members (excludes halogenated alkanes) is 31. The molecule has 0 heterocycles. The second-order valence-electron chi connectivity index (χ2n) is 38.6. The molecule has 0 amide bonds. The van der Waals surface area contributed by atoms with Crippen molar-refractivity contribution in [2.45, 2.75) is 384 Å². The van der Waals surface area contributed by atoms with Crippen LogP contribution in [0.3, 0.4) is 0 Å². The average molecular weight is 2170 g/mol. The van der Waals surface area contributed by atoms with Gasteiger partial charge in [0.05, 0.1) is 73.4 Å². The standard InChI is InChI=1S/C111H204N4O24S6/c1-13-19-25-31-37-45-83-140-89-94(7)106(122)134-77-71-128-100(116)53-65-112(61-51-63-114(67-55-102(118)130-73-79-136-108(124)96(9)91-142-85-47-39-33-27-21-15-3)68-56-103(119)131-74-80-137-109(125)97(10)92-143-86-48-40-34-28-22-16-4)59-43-44-60-113(66-54-101(117)129-72-78-135-107(123)95(8)90-141-84-46-38-32-26-20-14-2)62-52-64-115(70-58-105(121)133-76-82-139-111(127)99(12)145-88-50-42-36-30-24-18-6)69-57-104(120)132-75-81-138-110(126)98(11)93-144-87-49-41-35-29-23-17-5/h94-99H,13-93H2,1-12H3. The zero-order valence-electron chi connectivity index (χ0n) is 92.8. The van der Waals surface area contributed by atoms with E-state index in [0.29, 0.717) is 107 Å². The van der Waals surface area contributed by atoms with Crippen LogP contribution in [-0.4, -0.2) is 318 Å². The summed E-state index contributed by atoms with van der Waals surface area (Å²) in [5.74, 6) is 2.20. The Hall–Kier alpha value is -4.42. The number of thioether (sulfide) groups is 6. The van der Waals surface area contributed by atoms with Crippen LogP contribution in [0, 0.1) is 29.6 Å². The number of carbonyl (C=O) groups is 12. The molecule has 0 rings (SSSR count). The lowest BCUT2D eigenvalue weighted by atomic mass is 10.1. The third kappa shape index (κ3) is 91.9. The van der Waals surface area contributed by atoms with Crippen LogP contribution >= 0.6 is 70.6 Å². The number of rotatable bonds is 108. The van der Waals surface area contributed by atoms with Crippen LogP contribution in [0.1, 0.15) is 378 Å². The Morgan fingerprint density at radius 3 is 0.538 bits per heavy atom. The van der Waals surface area contributed by atoms with E-state index in [9.17, 15) is 57.5 Å². The van der Waals surface area contributed by atoms with Gasteiger partial charge in [0.15, 0.2) is 0 Å². The molecule has 0 fully saturated rings. The minimum Gasteiger partial charge on any atom is -0.462 e. The van der Waals surface area contributed by atoms with E-state index in [1.165, 1.54) is 186 Å². The minimum absolute atomic E-state index is 0.0114.